The normalized spacial score (nSPS) is 17.9. The molecular weight excluding hydrogens is 355 g/mol. The van der Waals surface area contributed by atoms with Crippen LogP contribution in [0.25, 0.3) is 11.0 Å². The van der Waals surface area contributed by atoms with Gasteiger partial charge >= 0.3 is 6.18 Å². The number of carbonyl (C=O) groups excluding carboxylic acids is 1. The number of para-hydroxylation sites is 2. The van der Waals surface area contributed by atoms with Crippen molar-refractivity contribution in [1.29, 1.82) is 0 Å². The van der Waals surface area contributed by atoms with Crippen LogP contribution in [0, 0.1) is 0 Å². The Morgan fingerprint density at radius 3 is 2.67 bits per heavy atom. The van der Waals surface area contributed by atoms with Crippen LogP contribution in [-0.2, 0) is 17.5 Å². The summed E-state index contributed by atoms with van der Waals surface area (Å²) in [5, 5.41) is 0. The molecule has 7 heteroatoms. The molecule has 0 spiro atoms. The van der Waals surface area contributed by atoms with Gasteiger partial charge in [-0.25, -0.2) is 4.98 Å². The van der Waals surface area contributed by atoms with Gasteiger partial charge in [0, 0.05) is 31.1 Å². The fourth-order valence-corrected chi connectivity index (χ4v) is 3.72. The molecule has 0 saturated carbocycles. The van der Waals surface area contributed by atoms with E-state index in [1.807, 2.05) is 31.2 Å². The highest BCUT2D eigenvalue weighted by atomic mass is 19.4. The van der Waals surface area contributed by atoms with E-state index in [9.17, 15) is 18.0 Å². The number of carbonyl (C=O) groups is 1. The van der Waals surface area contributed by atoms with E-state index in [4.69, 9.17) is 0 Å². The van der Waals surface area contributed by atoms with Crippen LogP contribution in [0.4, 0.5) is 18.9 Å². The maximum absolute atomic E-state index is 13.0. The van der Waals surface area contributed by atoms with Gasteiger partial charge < -0.3 is 9.47 Å². The summed E-state index contributed by atoms with van der Waals surface area (Å²) >= 11 is 0. The van der Waals surface area contributed by atoms with Gasteiger partial charge in [-0.15, -0.1) is 0 Å². The first-order valence-electron chi connectivity index (χ1n) is 8.81. The van der Waals surface area contributed by atoms with E-state index >= 15 is 0 Å². The van der Waals surface area contributed by atoms with Gasteiger partial charge in [-0.3, -0.25) is 4.79 Å². The standard InChI is InChI=1S/C20H18F3N3O/c1-2-25-17-9-4-3-8-16(17)24-19(25)13-10-18(27)26(12-13)15-7-5-6-14(11-15)20(21,22)23/h3-9,11,13H,2,10,12H2,1H3/t13-/m0/s1. The maximum atomic E-state index is 13.0. The molecule has 27 heavy (non-hydrogen) atoms. The molecule has 2 heterocycles. The van der Waals surface area contributed by atoms with Crippen molar-refractivity contribution >= 4 is 22.6 Å². The molecule has 140 valence electrons. The van der Waals surface area contributed by atoms with E-state index in [2.05, 4.69) is 9.55 Å². The van der Waals surface area contributed by atoms with Crippen LogP contribution >= 0.6 is 0 Å². The number of aryl methyl sites for hydroxylation is 1. The summed E-state index contributed by atoms with van der Waals surface area (Å²) in [6, 6.07) is 12.7. The maximum Gasteiger partial charge on any atom is 0.416 e. The topological polar surface area (TPSA) is 38.1 Å². The van der Waals surface area contributed by atoms with Crippen molar-refractivity contribution in [3.8, 4) is 0 Å². The molecule has 0 bridgehead atoms. The first kappa shape index (κ1) is 17.6. The third kappa shape index (κ3) is 3.07. The van der Waals surface area contributed by atoms with Gasteiger partial charge in [0.2, 0.25) is 5.91 Å². The zero-order chi connectivity index (χ0) is 19.2. The number of hydrogen-bond donors (Lipinski definition) is 0. The van der Waals surface area contributed by atoms with Gasteiger partial charge in [0.05, 0.1) is 16.6 Å². The van der Waals surface area contributed by atoms with Gasteiger partial charge in [0.15, 0.2) is 0 Å². The predicted octanol–water partition coefficient (Wildman–Crippen LogP) is 4.60. The van der Waals surface area contributed by atoms with Gasteiger partial charge in [-0.1, -0.05) is 18.2 Å². The lowest BCUT2D eigenvalue weighted by atomic mass is 10.1. The highest BCUT2D eigenvalue weighted by Gasteiger charge is 2.36. The zero-order valence-corrected chi connectivity index (χ0v) is 14.7. The summed E-state index contributed by atoms with van der Waals surface area (Å²) in [5.41, 5.74) is 1.38. The molecule has 1 amide bonds. The molecule has 0 aliphatic carbocycles. The van der Waals surface area contributed by atoms with Crippen LogP contribution in [0.3, 0.4) is 0 Å². The second kappa shape index (κ2) is 6.40. The molecule has 1 saturated heterocycles. The summed E-state index contributed by atoms with van der Waals surface area (Å²) < 4.78 is 41.1. The number of amides is 1. The van der Waals surface area contributed by atoms with E-state index in [1.54, 1.807) is 0 Å². The number of rotatable bonds is 3. The lowest BCUT2D eigenvalue weighted by Gasteiger charge is -2.18. The lowest BCUT2D eigenvalue weighted by Crippen LogP contribution is -2.25. The number of alkyl halides is 3. The number of benzene rings is 2. The SMILES string of the molecule is CCn1c([C@H]2CC(=O)N(c3cccc(C(F)(F)F)c3)C2)nc2ccccc21. The molecule has 4 rings (SSSR count). The van der Waals surface area contributed by atoms with Crippen LogP contribution < -0.4 is 4.90 Å². The van der Waals surface area contributed by atoms with Gasteiger partial charge in [0.25, 0.3) is 0 Å². The second-order valence-corrected chi connectivity index (χ2v) is 6.66. The lowest BCUT2D eigenvalue weighted by molar-refractivity contribution is -0.137. The van der Waals surface area contributed by atoms with E-state index < -0.39 is 11.7 Å². The monoisotopic (exact) mass is 373 g/mol. The van der Waals surface area contributed by atoms with E-state index in [0.717, 1.165) is 29.0 Å². The molecular formula is C20H18F3N3O. The third-order valence-electron chi connectivity index (χ3n) is 4.98. The molecule has 1 aliphatic heterocycles. The molecule has 1 atom stereocenters. The van der Waals surface area contributed by atoms with Crippen molar-refractivity contribution < 1.29 is 18.0 Å². The van der Waals surface area contributed by atoms with Crippen molar-refractivity contribution in [2.75, 3.05) is 11.4 Å². The van der Waals surface area contributed by atoms with Gasteiger partial charge in [0.1, 0.15) is 5.82 Å². The van der Waals surface area contributed by atoms with Crippen molar-refractivity contribution in [3.05, 3.63) is 59.9 Å². The molecule has 1 aliphatic rings. The quantitative estimate of drug-likeness (QED) is 0.673. The minimum Gasteiger partial charge on any atom is -0.328 e. The van der Waals surface area contributed by atoms with Crippen LogP contribution in [0.2, 0.25) is 0 Å². The Balaban J connectivity index is 1.68. The number of aromatic nitrogens is 2. The average Bonchev–Trinajstić information content (AvgIpc) is 3.21. The minimum absolute atomic E-state index is 0.153. The van der Waals surface area contributed by atoms with E-state index in [1.165, 1.54) is 17.0 Å². The van der Waals surface area contributed by atoms with Crippen molar-refractivity contribution in [2.45, 2.75) is 32.0 Å². The molecule has 3 aromatic rings. The van der Waals surface area contributed by atoms with Crippen molar-refractivity contribution in [2.24, 2.45) is 0 Å². The Morgan fingerprint density at radius 2 is 1.93 bits per heavy atom. The Labute approximate surface area is 154 Å². The Morgan fingerprint density at radius 1 is 1.15 bits per heavy atom. The largest absolute Gasteiger partial charge is 0.416 e. The molecule has 1 aromatic heterocycles. The highest BCUT2D eigenvalue weighted by Crippen LogP contribution is 2.36. The summed E-state index contributed by atoms with van der Waals surface area (Å²) in [6.45, 7) is 3.05. The van der Waals surface area contributed by atoms with Gasteiger partial charge in [-0.05, 0) is 37.3 Å². The zero-order valence-electron chi connectivity index (χ0n) is 14.7. The molecule has 2 aromatic carbocycles. The van der Waals surface area contributed by atoms with Crippen molar-refractivity contribution in [3.63, 3.8) is 0 Å². The number of fused-ring (bicyclic) bond motifs is 1. The van der Waals surface area contributed by atoms with E-state index in [-0.39, 0.29) is 23.9 Å². The summed E-state index contributed by atoms with van der Waals surface area (Å²) in [4.78, 5) is 18.7. The fraction of sp³-hybridized carbons (Fsp3) is 0.300. The third-order valence-corrected chi connectivity index (χ3v) is 4.98. The molecule has 0 unspecified atom stereocenters. The number of hydrogen-bond acceptors (Lipinski definition) is 2. The Bertz CT molecular complexity index is 1010. The number of imidazole rings is 1. The predicted molar refractivity (Wildman–Crippen MR) is 96.6 cm³/mol. The van der Waals surface area contributed by atoms with Crippen LogP contribution in [0.15, 0.2) is 48.5 Å². The fourth-order valence-electron chi connectivity index (χ4n) is 3.72. The van der Waals surface area contributed by atoms with Crippen molar-refractivity contribution in [1.82, 2.24) is 9.55 Å². The molecule has 0 N–H and O–H groups in total. The number of anilines is 1. The summed E-state index contributed by atoms with van der Waals surface area (Å²) in [6.07, 6.45) is -4.20. The summed E-state index contributed by atoms with van der Waals surface area (Å²) in [7, 11) is 0. The van der Waals surface area contributed by atoms with Crippen LogP contribution in [0.1, 0.15) is 30.7 Å². The first-order chi connectivity index (χ1) is 12.9. The number of nitrogens with zero attached hydrogens (tertiary/aromatic N) is 3. The minimum atomic E-state index is -4.44. The van der Waals surface area contributed by atoms with Crippen LogP contribution in [-0.4, -0.2) is 22.0 Å². The van der Waals surface area contributed by atoms with E-state index in [0.29, 0.717) is 13.1 Å². The Hall–Kier alpha value is -2.83. The number of halogens is 3. The van der Waals surface area contributed by atoms with Crippen LogP contribution in [0.5, 0.6) is 0 Å². The summed E-state index contributed by atoms with van der Waals surface area (Å²) in [5.74, 6) is 0.468. The van der Waals surface area contributed by atoms with Gasteiger partial charge in [-0.2, -0.15) is 13.2 Å². The first-order valence-corrected chi connectivity index (χ1v) is 8.81. The second-order valence-electron chi connectivity index (χ2n) is 6.66. The smallest absolute Gasteiger partial charge is 0.328 e. The highest BCUT2D eigenvalue weighted by molar-refractivity contribution is 5.96. The molecule has 1 fully saturated rings. The average molecular weight is 373 g/mol. The Kier molecular flexibility index (Phi) is 4.17. The molecule has 4 nitrogen and oxygen atoms in total. The molecule has 0 radical (unpaired) electrons.